The Kier molecular flexibility index (Phi) is 5.17. The van der Waals surface area contributed by atoms with Crippen molar-refractivity contribution in [2.24, 2.45) is 5.73 Å². The molecule has 0 saturated carbocycles. The second kappa shape index (κ2) is 8.06. The summed E-state index contributed by atoms with van der Waals surface area (Å²) in [5.74, 6) is 2.25. The number of fused-ring (bicyclic) bond motifs is 1. The molecule has 0 atom stereocenters. The number of rotatable bonds is 6. The van der Waals surface area contributed by atoms with Gasteiger partial charge < -0.3 is 15.8 Å². The van der Waals surface area contributed by atoms with Crippen molar-refractivity contribution in [3.05, 3.63) is 84.2 Å². The lowest BCUT2D eigenvalue weighted by atomic mass is 10.0. The van der Waals surface area contributed by atoms with E-state index in [1.165, 1.54) is 0 Å². The van der Waals surface area contributed by atoms with Crippen molar-refractivity contribution in [2.75, 3.05) is 12.4 Å². The molecular weight excluding hydrogens is 348 g/mol. The largest absolute Gasteiger partial charge is 0.497 e. The first kappa shape index (κ1) is 17.9. The van der Waals surface area contributed by atoms with Gasteiger partial charge in [-0.05, 0) is 41.0 Å². The molecule has 28 heavy (non-hydrogen) atoms. The van der Waals surface area contributed by atoms with E-state index in [0.717, 1.165) is 39.2 Å². The van der Waals surface area contributed by atoms with Crippen LogP contribution in [0.3, 0.4) is 0 Å². The molecule has 4 aromatic rings. The van der Waals surface area contributed by atoms with Crippen LogP contribution < -0.4 is 15.8 Å². The van der Waals surface area contributed by atoms with E-state index in [0.29, 0.717) is 18.9 Å². The van der Waals surface area contributed by atoms with Gasteiger partial charge in [0.15, 0.2) is 0 Å². The molecule has 1 heterocycles. The van der Waals surface area contributed by atoms with Crippen LogP contribution in [0.1, 0.15) is 11.4 Å². The summed E-state index contributed by atoms with van der Waals surface area (Å²) in [6.45, 7) is 0.948. The van der Waals surface area contributed by atoms with Crippen LogP contribution in [0.15, 0.2) is 72.8 Å². The molecule has 3 aromatic carbocycles. The van der Waals surface area contributed by atoms with Gasteiger partial charge in [-0.15, -0.1) is 0 Å². The Labute approximate surface area is 164 Å². The molecule has 0 bridgehead atoms. The molecule has 1 aromatic heterocycles. The molecule has 5 nitrogen and oxygen atoms in total. The molecule has 0 amide bonds. The van der Waals surface area contributed by atoms with E-state index in [2.05, 4.69) is 39.6 Å². The molecule has 0 aliphatic carbocycles. The molecule has 0 radical (unpaired) electrons. The predicted molar refractivity (Wildman–Crippen MR) is 113 cm³/mol. The van der Waals surface area contributed by atoms with Crippen molar-refractivity contribution >= 4 is 16.7 Å². The van der Waals surface area contributed by atoms with E-state index in [1.807, 2.05) is 48.5 Å². The lowest BCUT2D eigenvalue weighted by Gasteiger charge is -2.12. The standard InChI is InChI=1S/C23H22N4O/c1-28-19-10-7-16(8-11-19)15-25-23-20-13-18(17-5-3-2-4-6-17)9-12-21(20)26-22(14-24)27-23/h2-13H,14-15,24H2,1H3,(H,25,26,27). The maximum absolute atomic E-state index is 5.80. The van der Waals surface area contributed by atoms with Crippen LogP contribution in [-0.4, -0.2) is 17.1 Å². The Bertz CT molecular complexity index is 1080. The number of hydrogen-bond donors (Lipinski definition) is 2. The smallest absolute Gasteiger partial charge is 0.144 e. The minimum Gasteiger partial charge on any atom is -0.497 e. The van der Waals surface area contributed by atoms with E-state index in [4.69, 9.17) is 10.5 Å². The normalized spacial score (nSPS) is 10.8. The summed E-state index contributed by atoms with van der Waals surface area (Å²) in [6, 6.07) is 24.5. The maximum atomic E-state index is 5.80. The highest BCUT2D eigenvalue weighted by Gasteiger charge is 2.09. The molecule has 0 aliphatic rings. The average molecular weight is 370 g/mol. The number of nitrogens with two attached hydrogens (primary N) is 1. The highest BCUT2D eigenvalue weighted by molar-refractivity contribution is 5.92. The van der Waals surface area contributed by atoms with E-state index in [9.17, 15) is 0 Å². The van der Waals surface area contributed by atoms with Gasteiger partial charge in [-0.25, -0.2) is 9.97 Å². The Morgan fingerprint density at radius 3 is 2.39 bits per heavy atom. The van der Waals surface area contributed by atoms with Gasteiger partial charge in [-0.1, -0.05) is 48.5 Å². The average Bonchev–Trinajstić information content (AvgIpc) is 2.77. The summed E-state index contributed by atoms with van der Waals surface area (Å²) < 4.78 is 5.22. The fourth-order valence-electron chi connectivity index (χ4n) is 3.14. The van der Waals surface area contributed by atoms with Crippen LogP contribution in [0, 0.1) is 0 Å². The van der Waals surface area contributed by atoms with E-state index in [1.54, 1.807) is 7.11 Å². The summed E-state index contributed by atoms with van der Waals surface area (Å²) in [5, 5.41) is 4.43. The van der Waals surface area contributed by atoms with E-state index >= 15 is 0 Å². The van der Waals surface area contributed by atoms with Crippen molar-refractivity contribution < 1.29 is 4.74 Å². The van der Waals surface area contributed by atoms with Crippen LogP contribution >= 0.6 is 0 Å². The molecule has 0 unspecified atom stereocenters. The van der Waals surface area contributed by atoms with E-state index < -0.39 is 0 Å². The first-order valence-electron chi connectivity index (χ1n) is 9.20. The summed E-state index contributed by atoms with van der Waals surface area (Å²) in [5.41, 5.74) is 10.1. The zero-order valence-electron chi connectivity index (χ0n) is 15.7. The number of methoxy groups -OCH3 is 1. The van der Waals surface area contributed by atoms with Crippen LogP contribution in [0.2, 0.25) is 0 Å². The lowest BCUT2D eigenvalue weighted by Crippen LogP contribution is -2.08. The highest BCUT2D eigenvalue weighted by Crippen LogP contribution is 2.28. The minimum absolute atomic E-state index is 0.299. The Hall–Kier alpha value is -3.44. The van der Waals surface area contributed by atoms with Gasteiger partial charge in [0.2, 0.25) is 0 Å². The number of ether oxygens (including phenoxy) is 1. The van der Waals surface area contributed by atoms with Crippen LogP contribution in [-0.2, 0) is 13.1 Å². The second-order valence-corrected chi connectivity index (χ2v) is 6.49. The van der Waals surface area contributed by atoms with Crippen molar-refractivity contribution in [1.82, 2.24) is 9.97 Å². The fraction of sp³-hybridized carbons (Fsp3) is 0.130. The van der Waals surface area contributed by atoms with Crippen molar-refractivity contribution in [3.8, 4) is 16.9 Å². The minimum atomic E-state index is 0.299. The van der Waals surface area contributed by atoms with Gasteiger partial charge in [0.1, 0.15) is 17.4 Å². The summed E-state index contributed by atoms with van der Waals surface area (Å²) in [4.78, 5) is 9.21. The summed E-state index contributed by atoms with van der Waals surface area (Å²) in [6.07, 6.45) is 0. The van der Waals surface area contributed by atoms with Crippen molar-refractivity contribution in [1.29, 1.82) is 0 Å². The third-order valence-corrected chi connectivity index (χ3v) is 4.65. The number of hydrogen-bond acceptors (Lipinski definition) is 5. The lowest BCUT2D eigenvalue weighted by molar-refractivity contribution is 0.414. The number of anilines is 1. The molecule has 0 spiro atoms. The van der Waals surface area contributed by atoms with Crippen LogP contribution in [0.5, 0.6) is 5.75 Å². The number of benzene rings is 3. The molecule has 5 heteroatoms. The fourth-order valence-corrected chi connectivity index (χ4v) is 3.14. The van der Waals surface area contributed by atoms with Gasteiger partial charge in [0.25, 0.3) is 0 Å². The van der Waals surface area contributed by atoms with Gasteiger partial charge >= 0.3 is 0 Å². The Balaban J connectivity index is 1.69. The number of nitrogens with zero attached hydrogens (tertiary/aromatic N) is 2. The van der Waals surface area contributed by atoms with Gasteiger partial charge in [0, 0.05) is 11.9 Å². The number of aromatic nitrogens is 2. The number of nitrogens with one attached hydrogen (secondary N) is 1. The maximum Gasteiger partial charge on any atom is 0.144 e. The van der Waals surface area contributed by atoms with E-state index in [-0.39, 0.29) is 0 Å². The van der Waals surface area contributed by atoms with Gasteiger partial charge in [-0.3, -0.25) is 0 Å². The predicted octanol–water partition coefficient (Wildman–Crippen LogP) is 4.38. The molecular formula is C23H22N4O. The zero-order chi connectivity index (χ0) is 19.3. The topological polar surface area (TPSA) is 73.1 Å². The molecule has 0 aliphatic heterocycles. The molecule has 0 saturated heterocycles. The third-order valence-electron chi connectivity index (χ3n) is 4.65. The Morgan fingerprint density at radius 1 is 0.893 bits per heavy atom. The Morgan fingerprint density at radius 2 is 1.68 bits per heavy atom. The molecule has 3 N–H and O–H groups in total. The first-order valence-corrected chi connectivity index (χ1v) is 9.20. The van der Waals surface area contributed by atoms with Crippen molar-refractivity contribution in [3.63, 3.8) is 0 Å². The third kappa shape index (κ3) is 3.80. The van der Waals surface area contributed by atoms with Crippen molar-refractivity contribution in [2.45, 2.75) is 13.1 Å². The van der Waals surface area contributed by atoms with Crippen LogP contribution in [0.25, 0.3) is 22.0 Å². The SMILES string of the molecule is COc1ccc(CNc2nc(CN)nc3ccc(-c4ccccc4)cc23)cc1. The van der Waals surface area contributed by atoms with Crippen LogP contribution in [0.4, 0.5) is 5.82 Å². The van der Waals surface area contributed by atoms with Gasteiger partial charge in [0.05, 0.1) is 19.2 Å². The molecule has 4 rings (SSSR count). The molecule has 140 valence electrons. The quantitative estimate of drug-likeness (QED) is 0.527. The summed E-state index contributed by atoms with van der Waals surface area (Å²) in [7, 11) is 1.67. The van der Waals surface area contributed by atoms with Gasteiger partial charge in [-0.2, -0.15) is 0 Å². The molecule has 0 fully saturated rings. The summed E-state index contributed by atoms with van der Waals surface area (Å²) >= 11 is 0. The monoisotopic (exact) mass is 370 g/mol. The second-order valence-electron chi connectivity index (χ2n) is 6.49. The highest BCUT2D eigenvalue weighted by atomic mass is 16.5. The zero-order valence-corrected chi connectivity index (χ0v) is 15.7. The first-order chi connectivity index (χ1) is 13.8.